The van der Waals surface area contributed by atoms with Gasteiger partial charge in [-0.25, -0.2) is 4.79 Å². The highest BCUT2D eigenvalue weighted by atomic mass is 16.5. The van der Waals surface area contributed by atoms with Crippen molar-refractivity contribution in [2.75, 3.05) is 13.2 Å². The zero-order chi connectivity index (χ0) is 18.9. The lowest BCUT2D eigenvalue weighted by Crippen LogP contribution is -2.05. The minimum absolute atomic E-state index is 0.358. The van der Waals surface area contributed by atoms with Crippen LogP contribution in [0, 0.1) is 0 Å². The maximum atomic E-state index is 11.0. The summed E-state index contributed by atoms with van der Waals surface area (Å²) in [6.45, 7) is 4.49. The second kappa shape index (κ2) is 9.77. The number of fused-ring (bicyclic) bond motifs is 1. The number of esters is 1. The van der Waals surface area contributed by atoms with Crippen LogP contribution in [-0.2, 0) is 16.0 Å². The first kappa shape index (κ1) is 19.0. The molecule has 0 N–H and O–H groups in total. The molecule has 0 saturated carbocycles. The lowest BCUT2D eigenvalue weighted by Gasteiger charge is -2.20. The van der Waals surface area contributed by atoms with Crippen LogP contribution in [0.15, 0.2) is 61.2 Å². The molecule has 0 fully saturated rings. The molecule has 0 radical (unpaired) electrons. The number of carbonyl (C=O) groups is 1. The molecule has 0 aromatic heterocycles. The largest absolute Gasteiger partial charge is 0.493 e. The van der Waals surface area contributed by atoms with Gasteiger partial charge in [0.1, 0.15) is 5.75 Å². The van der Waals surface area contributed by atoms with Crippen LogP contribution in [0.3, 0.4) is 0 Å². The van der Waals surface area contributed by atoms with E-state index in [1.54, 1.807) is 0 Å². The van der Waals surface area contributed by atoms with Gasteiger partial charge in [0.25, 0.3) is 0 Å². The topological polar surface area (TPSA) is 35.5 Å². The van der Waals surface area contributed by atoms with Gasteiger partial charge in [-0.05, 0) is 60.9 Å². The molecule has 0 saturated heterocycles. The average molecular weight is 362 g/mol. The number of carbonyl (C=O) groups excluding carboxylic acids is 1. The van der Waals surface area contributed by atoms with Crippen LogP contribution < -0.4 is 4.74 Å². The van der Waals surface area contributed by atoms with Gasteiger partial charge in [0.2, 0.25) is 0 Å². The van der Waals surface area contributed by atoms with E-state index in [1.165, 1.54) is 28.3 Å². The molecule has 0 heterocycles. The summed E-state index contributed by atoms with van der Waals surface area (Å²) in [5.41, 5.74) is 5.21. The zero-order valence-electron chi connectivity index (χ0n) is 15.7. The summed E-state index contributed by atoms with van der Waals surface area (Å²) >= 11 is 0. The summed E-state index contributed by atoms with van der Waals surface area (Å²) in [4.78, 5) is 11.0. The van der Waals surface area contributed by atoms with Crippen molar-refractivity contribution in [3.8, 4) is 5.75 Å². The van der Waals surface area contributed by atoms with Crippen molar-refractivity contribution in [2.24, 2.45) is 0 Å². The molecule has 0 bridgehead atoms. The molecule has 3 heteroatoms. The summed E-state index contributed by atoms with van der Waals surface area (Å²) in [6, 6.07) is 16.9. The maximum absolute atomic E-state index is 11.0. The number of hydrogen-bond donors (Lipinski definition) is 0. The number of rotatable bonds is 9. The highest BCUT2D eigenvalue weighted by molar-refractivity contribution is 5.86. The van der Waals surface area contributed by atoms with Gasteiger partial charge in [-0.2, -0.15) is 0 Å². The van der Waals surface area contributed by atoms with Crippen molar-refractivity contribution in [2.45, 2.75) is 32.1 Å². The van der Waals surface area contributed by atoms with Gasteiger partial charge in [0.15, 0.2) is 0 Å². The van der Waals surface area contributed by atoms with Gasteiger partial charge in [0, 0.05) is 11.6 Å². The van der Waals surface area contributed by atoms with Crippen molar-refractivity contribution >= 4 is 17.6 Å². The highest BCUT2D eigenvalue weighted by Gasteiger charge is 2.15. The fourth-order valence-corrected chi connectivity index (χ4v) is 3.29. The first-order valence-corrected chi connectivity index (χ1v) is 9.58. The number of ether oxygens (including phenoxy) is 2. The van der Waals surface area contributed by atoms with E-state index in [0.717, 1.165) is 37.9 Å². The van der Waals surface area contributed by atoms with E-state index < -0.39 is 0 Å². The third-order valence-corrected chi connectivity index (χ3v) is 4.74. The van der Waals surface area contributed by atoms with E-state index in [2.05, 4.69) is 55.1 Å². The van der Waals surface area contributed by atoms with Gasteiger partial charge < -0.3 is 9.47 Å². The van der Waals surface area contributed by atoms with Crippen molar-refractivity contribution in [3.05, 3.63) is 77.9 Å². The van der Waals surface area contributed by atoms with Gasteiger partial charge in [-0.15, -0.1) is 0 Å². The molecule has 0 atom stereocenters. The van der Waals surface area contributed by atoms with Crippen LogP contribution in [0.25, 0.3) is 11.6 Å². The smallest absolute Gasteiger partial charge is 0.330 e. The van der Waals surface area contributed by atoms with Gasteiger partial charge in [-0.1, -0.05) is 49.0 Å². The number of unbranched alkanes of at least 4 members (excludes halogenated alkanes) is 2. The van der Waals surface area contributed by atoms with E-state index in [9.17, 15) is 4.79 Å². The Hall–Kier alpha value is -2.81. The maximum Gasteiger partial charge on any atom is 0.330 e. The fourth-order valence-electron chi connectivity index (χ4n) is 3.29. The molecule has 3 nitrogen and oxygen atoms in total. The van der Waals surface area contributed by atoms with Crippen molar-refractivity contribution in [1.29, 1.82) is 0 Å². The molecule has 3 rings (SSSR count). The SMILES string of the molecule is C=CC(=O)OCCCCCOc1cccc2c1C=C(c1ccccc1)CC2. The van der Waals surface area contributed by atoms with Crippen LogP contribution >= 0.6 is 0 Å². The lowest BCUT2D eigenvalue weighted by molar-refractivity contribution is -0.137. The standard InChI is InChI=1S/C24H26O3/c1-2-24(25)27-17-8-4-7-16-26-23-13-9-12-20-14-15-21(18-22(20)23)19-10-5-3-6-11-19/h2-3,5-6,9-13,18H,1,4,7-8,14-17H2. The van der Waals surface area contributed by atoms with Crippen LogP contribution in [0.1, 0.15) is 42.4 Å². The van der Waals surface area contributed by atoms with Crippen LogP contribution in [0.4, 0.5) is 0 Å². The lowest BCUT2D eigenvalue weighted by atomic mass is 9.88. The Bertz CT molecular complexity index is 806. The van der Waals surface area contributed by atoms with E-state index in [0.29, 0.717) is 13.2 Å². The predicted octanol–water partition coefficient (Wildman–Crippen LogP) is 5.45. The Labute approximate surface area is 161 Å². The molecule has 1 aliphatic carbocycles. The summed E-state index contributed by atoms with van der Waals surface area (Å²) in [6.07, 6.45) is 8.31. The molecule has 0 aliphatic heterocycles. The Balaban J connectivity index is 1.55. The second-order valence-electron chi connectivity index (χ2n) is 6.65. The molecule has 0 spiro atoms. The van der Waals surface area contributed by atoms with Crippen molar-refractivity contribution < 1.29 is 14.3 Å². The van der Waals surface area contributed by atoms with E-state index in [4.69, 9.17) is 9.47 Å². The Morgan fingerprint density at radius 3 is 2.59 bits per heavy atom. The monoisotopic (exact) mass is 362 g/mol. The number of allylic oxidation sites excluding steroid dienone is 1. The quantitative estimate of drug-likeness (QED) is 0.338. The van der Waals surface area contributed by atoms with Gasteiger partial charge in [0.05, 0.1) is 13.2 Å². The van der Waals surface area contributed by atoms with Gasteiger partial charge in [-0.3, -0.25) is 0 Å². The number of aryl methyl sites for hydroxylation is 1. The summed E-state index contributed by atoms with van der Waals surface area (Å²) in [5, 5.41) is 0. The second-order valence-corrected chi connectivity index (χ2v) is 6.65. The summed E-state index contributed by atoms with van der Waals surface area (Å²) in [5.74, 6) is 0.599. The minimum Gasteiger partial charge on any atom is -0.493 e. The van der Waals surface area contributed by atoms with E-state index in [-0.39, 0.29) is 5.97 Å². The molecule has 1 aliphatic rings. The summed E-state index contributed by atoms with van der Waals surface area (Å²) in [7, 11) is 0. The number of hydrogen-bond acceptors (Lipinski definition) is 3. The molecule has 0 amide bonds. The van der Waals surface area contributed by atoms with Crippen molar-refractivity contribution in [3.63, 3.8) is 0 Å². The molecule has 140 valence electrons. The van der Waals surface area contributed by atoms with Gasteiger partial charge >= 0.3 is 5.97 Å². The van der Waals surface area contributed by atoms with E-state index >= 15 is 0 Å². The fraction of sp³-hybridized carbons (Fsp3) is 0.292. The normalized spacial score (nSPS) is 12.7. The molecule has 2 aromatic rings. The molecular formula is C24H26O3. The first-order chi connectivity index (χ1) is 13.3. The highest BCUT2D eigenvalue weighted by Crippen LogP contribution is 2.35. The first-order valence-electron chi connectivity index (χ1n) is 9.58. The molecule has 0 unspecified atom stereocenters. The molecular weight excluding hydrogens is 336 g/mol. The third-order valence-electron chi connectivity index (χ3n) is 4.74. The molecule has 2 aromatic carbocycles. The van der Waals surface area contributed by atoms with Crippen LogP contribution in [0.5, 0.6) is 5.75 Å². The van der Waals surface area contributed by atoms with E-state index in [1.807, 2.05) is 6.07 Å². The van der Waals surface area contributed by atoms with Crippen LogP contribution in [-0.4, -0.2) is 19.2 Å². The van der Waals surface area contributed by atoms with Crippen molar-refractivity contribution in [1.82, 2.24) is 0 Å². The zero-order valence-corrected chi connectivity index (χ0v) is 15.7. The Morgan fingerprint density at radius 1 is 0.963 bits per heavy atom. The Kier molecular flexibility index (Phi) is 6.86. The van der Waals surface area contributed by atoms with Crippen LogP contribution in [0.2, 0.25) is 0 Å². The third kappa shape index (κ3) is 5.33. The predicted molar refractivity (Wildman–Crippen MR) is 110 cm³/mol. The summed E-state index contributed by atoms with van der Waals surface area (Å²) < 4.78 is 11.0. The molecule has 27 heavy (non-hydrogen) atoms. The number of benzene rings is 2. The minimum atomic E-state index is -0.358. The average Bonchev–Trinajstić information content (AvgIpc) is 2.73. The Morgan fingerprint density at radius 2 is 1.78 bits per heavy atom.